The summed E-state index contributed by atoms with van der Waals surface area (Å²) in [5.74, 6) is -0.582. The van der Waals surface area contributed by atoms with Crippen molar-refractivity contribution in [1.29, 1.82) is 0 Å². The van der Waals surface area contributed by atoms with Gasteiger partial charge in [0, 0.05) is 22.3 Å². The summed E-state index contributed by atoms with van der Waals surface area (Å²) in [6.45, 7) is -2.99. The second-order valence-electron chi connectivity index (χ2n) is 5.49. The minimum Gasteiger partial charge on any atom is -0.493 e. The van der Waals surface area contributed by atoms with E-state index in [1.165, 1.54) is 31.4 Å². The zero-order valence-electron chi connectivity index (χ0n) is 14.3. The van der Waals surface area contributed by atoms with Gasteiger partial charge >= 0.3 is 6.61 Å². The highest BCUT2D eigenvalue weighted by molar-refractivity contribution is 6.36. The van der Waals surface area contributed by atoms with Crippen LogP contribution in [0.4, 0.5) is 14.5 Å². The Bertz CT molecular complexity index is 1010. The minimum atomic E-state index is -2.99. The Morgan fingerprint density at radius 1 is 1.14 bits per heavy atom. The number of halogens is 4. The largest absolute Gasteiger partial charge is 0.493 e. The number of rotatable bonds is 6. The van der Waals surface area contributed by atoms with E-state index in [9.17, 15) is 13.6 Å². The number of H-pyrrole nitrogens is 1. The van der Waals surface area contributed by atoms with E-state index in [-0.39, 0.29) is 17.2 Å². The Morgan fingerprint density at radius 3 is 2.61 bits per heavy atom. The number of ether oxygens (including phenoxy) is 2. The van der Waals surface area contributed by atoms with Crippen LogP contribution >= 0.6 is 23.2 Å². The van der Waals surface area contributed by atoms with Crippen LogP contribution in [0.2, 0.25) is 10.0 Å². The van der Waals surface area contributed by atoms with Gasteiger partial charge in [0.15, 0.2) is 11.5 Å². The molecule has 2 aromatic carbocycles. The second kappa shape index (κ2) is 8.45. The summed E-state index contributed by atoms with van der Waals surface area (Å²) < 4.78 is 34.1. The van der Waals surface area contributed by atoms with Crippen LogP contribution in [0, 0.1) is 0 Å². The monoisotopic (exact) mass is 427 g/mol. The van der Waals surface area contributed by atoms with Crippen LogP contribution in [0.3, 0.4) is 0 Å². The van der Waals surface area contributed by atoms with Crippen LogP contribution in [0.5, 0.6) is 11.5 Å². The van der Waals surface area contributed by atoms with Gasteiger partial charge in [-0.05, 0) is 36.4 Å². The van der Waals surface area contributed by atoms with E-state index in [2.05, 4.69) is 20.3 Å². The molecule has 3 rings (SSSR count). The number of carbonyl (C=O) groups excluding carboxylic acids is 1. The van der Waals surface area contributed by atoms with Crippen molar-refractivity contribution in [3.63, 3.8) is 0 Å². The first kappa shape index (κ1) is 19.9. The van der Waals surface area contributed by atoms with Crippen molar-refractivity contribution in [2.24, 2.45) is 0 Å². The summed E-state index contributed by atoms with van der Waals surface area (Å²) in [6.07, 6.45) is 0. The number of aromatic nitrogens is 2. The molecule has 0 bridgehead atoms. The molecule has 146 valence electrons. The van der Waals surface area contributed by atoms with Gasteiger partial charge in [-0.25, -0.2) is 0 Å². The molecular weight excluding hydrogens is 415 g/mol. The van der Waals surface area contributed by atoms with Gasteiger partial charge in [-0.15, -0.1) is 0 Å². The van der Waals surface area contributed by atoms with Crippen LogP contribution in [0.25, 0.3) is 11.3 Å². The Kier molecular flexibility index (Phi) is 6.01. The molecule has 1 heterocycles. The molecule has 1 amide bonds. The van der Waals surface area contributed by atoms with Gasteiger partial charge in [0.2, 0.25) is 0 Å². The number of anilines is 1. The molecule has 10 heteroatoms. The van der Waals surface area contributed by atoms with Crippen molar-refractivity contribution in [2.75, 3.05) is 12.4 Å². The molecule has 0 fully saturated rings. The molecule has 0 spiro atoms. The van der Waals surface area contributed by atoms with Gasteiger partial charge in [0.05, 0.1) is 17.8 Å². The molecule has 0 unspecified atom stereocenters. The zero-order valence-corrected chi connectivity index (χ0v) is 15.8. The van der Waals surface area contributed by atoms with E-state index in [1.54, 1.807) is 18.2 Å². The standard InChI is InChI=1S/C18H13Cl2F2N3O3/c1-27-16-7-10(3-5-15(16)28-18(21)22)23-17(26)14-8-13(24-25-14)11-4-2-9(19)6-12(11)20/h2-8,18H,1H3,(H,23,26)(H,24,25). The average Bonchev–Trinajstić information content (AvgIpc) is 3.12. The third-order valence-corrected chi connectivity index (χ3v) is 4.21. The smallest absolute Gasteiger partial charge is 0.387 e. The summed E-state index contributed by atoms with van der Waals surface area (Å²) >= 11 is 12.0. The van der Waals surface area contributed by atoms with Crippen molar-refractivity contribution in [1.82, 2.24) is 10.2 Å². The third-order valence-electron chi connectivity index (χ3n) is 3.67. The topological polar surface area (TPSA) is 76.2 Å². The van der Waals surface area contributed by atoms with Crippen molar-refractivity contribution in [2.45, 2.75) is 6.61 Å². The number of hydrogen-bond acceptors (Lipinski definition) is 4. The van der Waals surface area contributed by atoms with Crippen LogP contribution in [-0.4, -0.2) is 29.8 Å². The average molecular weight is 428 g/mol. The first-order valence-corrected chi connectivity index (χ1v) is 8.58. The molecule has 3 aromatic rings. The number of alkyl halides is 2. The Morgan fingerprint density at radius 2 is 1.93 bits per heavy atom. The molecule has 2 N–H and O–H groups in total. The Labute approximate surface area is 168 Å². The lowest BCUT2D eigenvalue weighted by molar-refractivity contribution is -0.0512. The second-order valence-corrected chi connectivity index (χ2v) is 6.33. The Balaban J connectivity index is 1.77. The number of nitrogens with zero attached hydrogens (tertiary/aromatic N) is 1. The minimum absolute atomic E-state index is 0.0522. The molecule has 0 aliphatic heterocycles. The van der Waals surface area contributed by atoms with Gasteiger partial charge in [0.25, 0.3) is 5.91 Å². The Hall–Kier alpha value is -2.84. The summed E-state index contributed by atoms with van der Waals surface area (Å²) in [6, 6.07) is 10.5. The molecule has 6 nitrogen and oxygen atoms in total. The fourth-order valence-corrected chi connectivity index (χ4v) is 2.92. The SMILES string of the molecule is COc1cc(NC(=O)c2cc(-c3ccc(Cl)cc3Cl)n[nH]2)ccc1OC(F)F. The molecule has 28 heavy (non-hydrogen) atoms. The lowest BCUT2D eigenvalue weighted by Gasteiger charge is -2.11. The summed E-state index contributed by atoms with van der Waals surface area (Å²) in [7, 11) is 1.30. The highest BCUT2D eigenvalue weighted by Gasteiger charge is 2.15. The van der Waals surface area contributed by atoms with E-state index < -0.39 is 12.5 Å². The van der Waals surface area contributed by atoms with Gasteiger partial charge in [-0.1, -0.05) is 23.2 Å². The highest BCUT2D eigenvalue weighted by Crippen LogP contribution is 2.32. The number of hydrogen-bond donors (Lipinski definition) is 2. The number of amides is 1. The maximum Gasteiger partial charge on any atom is 0.387 e. The molecule has 0 saturated heterocycles. The summed E-state index contributed by atoms with van der Waals surface area (Å²) in [4.78, 5) is 12.4. The summed E-state index contributed by atoms with van der Waals surface area (Å²) in [5, 5.41) is 10.2. The van der Waals surface area contributed by atoms with E-state index in [1.807, 2.05) is 0 Å². The lowest BCUT2D eigenvalue weighted by Crippen LogP contribution is -2.12. The first-order chi connectivity index (χ1) is 13.4. The molecule has 0 aliphatic rings. The maximum absolute atomic E-state index is 12.4. The fourth-order valence-electron chi connectivity index (χ4n) is 2.41. The molecule has 0 atom stereocenters. The molecule has 0 aliphatic carbocycles. The number of nitrogens with one attached hydrogen (secondary N) is 2. The van der Waals surface area contributed by atoms with Gasteiger partial charge < -0.3 is 14.8 Å². The van der Waals surface area contributed by atoms with Crippen molar-refractivity contribution in [3.05, 3.63) is 58.2 Å². The van der Waals surface area contributed by atoms with E-state index >= 15 is 0 Å². The van der Waals surface area contributed by atoms with Crippen LogP contribution in [0.1, 0.15) is 10.5 Å². The molecular formula is C18H13Cl2F2N3O3. The van der Waals surface area contributed by atoms with E-state index in [4.69, 9.17) is 27.9 Å². The third kappa shape index (κ3) is 4.52. The zero-order chi connectivity index (χ0) is 20.3. The van der Waals surface area contributed by atoms with Crippen molar-refractivity contribution in [3.8, 4) is 22.8 Å². The van der Waals surface area contributed by atoms with Crippen LogP contribution < -0.4 is 14.8 Å². The number of methoxy groups -OCH3 is 1. The van der Waals surface area contributed by atoms with Gasteiger partial charge in [-0.3, -0.25) is 9.89 Å². The van der Waals surface area contributed by atoms with Crippen LogP contribution in [0.15, 0.2) is 42.5 Å². The van der Waals surface area contributed by atoms with Crippen molar-refractivity contribution < 1.29 is 23.0 Å². The maximum atomic E-state index is 12.4. The molecule has 0 radical (unpaired) electrons. The number of carbonyl (C=O) groups is 1. The van der Waals surface area contributed by atoms with E-state index in [0.29, 0.717) is 27.0 Å². The summed E-state index contributed by atoms with van der Waals surface area (Å²) in [5.41, 5.74) is 1.57. The van der Waals surface area contributed by atoms with Crippen molar-refractivity contribution >= 4 is 34.8 Å². The van der Waals surface area contributed by atoms with Gasteiger partial charge in [0.1, 0.15) is 5.69 Å². The highest BCUT2D eigenvalue weighted by atomic mass is 35.5. The quantitative estimate of drug-likeness (QED) is 0.563. The lowest BCUT2D eigenvalue weighted by atomic mass is 10.1. The first-order valence-electron chi connectivity index (χ1n) is 7.82. The molecule has 0 saturated carbocycles. The molecule has 1 aromatic heterocycles. The van der Waals surface area contributed by atoms with Crippen LogP contribution in [-0.2, 0) is 0 Å². The van der Waals surface area contributed by atoms with Gasteiger partial charge in [-0.2, -0.15) is 13.9 Å². The fraction of sp³-hybridized carbons (Fsp3) is 0.111. The number of aromatic amines is 1. The predicted octanol–water partition coefficient (Wildman–Crippen LogP) is 5.25. The number of benzene rings is 2. The normalized spacial score (nSPS) is 10.8. The predicted molar refractivity (Wildman–Crippen MR) is 102 cm³/mol. The van der Waals surface area contributed by atoms with E-state index in [0.717, 1.165) is 0 Å².